The first-order valence-electron chi connectivity index (χ1n) is 4.89. The van der Waals surface area contributed by atoms with Crippen molar-refractivity contribution in [1.82, 2.24) is 9.21 Å². The minimum Gasteiger partial charge on any atom is -0.296 e. The SMILES string of the molecule is CC(C)(C)N1CCN(SSCF)CC1. The van der Waals surface area contributed by atoms with Crippen molar-refractivity contribution >= 4 is 21.8 Å². The summed E-state index contributed by atoms with van der Waals surface area (Å²) in [6.07, 6.45) is 0. The number of halogens is 1. The lowest BCUT2D eigenvalue weighted by Crippen LogP contribution is -2.51. The predicted octanol–water partition coefficient (Wildman–Crippen LogP) is 2.63. The van der Waals surface area contributed by atoms with E-state index in [0.717, 1.165) is 26.2 Å². The molecular formula is C9H19FN2S2. The number of alkyl halides is 1. The summed E-state index contributed by atoms with van der Waals surface area (Å²) in [5, 5.41) is 0. The smallest absolute Gasteiger partial charge is 0.146 e. The van der Waals surface area contributed by atoms with Crippen LogP contribution in [-0.2, 0) is 0 Å². The third kappa shape index (κ3) is 3.96. The maximum Gasteiger partial charge on any atom is 0.146 e. The van der Waals surface area contributed by atoms with E-state index in [1.165, 1.54) is 10.8 Å². The zero-order valence-corrected chi connectivity index (χ0v) is 10.8. The quantitative estimate of drug-likeness (QED) is 0.550. The van der Waals surface area contributed by atoms with Gasteiger partial charge in [0.05, 0.1) is 0 Å². The normalized spacial score (nSPS) is 21.4. The highest BCUT2D eigenvalue weighted by Gasteiger charge is 2.25. The number of hydrogen-bond donors (Lipinski definition) is 0. The van der Waals surface area contributed by atoms with Gasteiger partial charge in [0, 0.05) is 31.7 Å². The molecule has 1 rings (SSSR count). The summed E-state index contributed by atoms with van der Waals surface area (Å²) >= 11 is 0. The Kier molecular flexibility index (Phi) is 5.03. The lowest BCUT2D eigenvalue weighted by atomic mass is 10.1. The molecule has 1 saturated heterocycles. The van der Waals surface area contributed by atoms with Gasteiger partial charge in [0.15, 0.2) is 0 Å². The molecule has 0 unspecified atom stereocenters. The number of hydrogen-bond acceptors (Lipinski definition) is 4. The van der Waals surface area contributed by atoms with Gasteiger partial charge < -0.3 is 0 Å². The van der Waals surface area contributed by atoms with Crippen molar-refractivity contribution in [2.75, 3.05) is 32.2 Å². The van der Waals surface area contributed by atoms with Crippen LogP contribution in [-0.4, -0.2) is 46.9 Å². The summed E-state index contributed by atoms with van der Waals surface area (Å²) < 4.78 is 14.2. The van der Waals surface area contributed by atoms with Gasteiger partial charge in [-0.2, -0.15) is 0 Å². The van der Waals surface area contributed by atoms with Crippen LogP contribution < -0.4 is 0 Å². The minimum atomic E-state index is -0.301. The molecule has 0 aliphatic carbocycles. The molecule has 0 bridgehead atoms. The molecule has 0 amide bonds. The Morgan fingerprint density at radius 2 is 1.71 bits per heavy atom. The second kappa shape index (κ2) is 5.58. The van der Waals surface area contributed by atoms with Crippen molar-refractivity contribution < 1.29 is 4.39 Å². The molecule has 1 fully saturated rings. The van der Waals surface area contributed by atoms with Crippen molar-refractivity contribution in [1.29, 1.82) is 0 Å². The molecule has 0 saturated carbocycles. The number of nitrogens with zero attached hydrogens (tertiary/aromatic N) is 2. The van der Waals surface area contributed by atoms with Crippen LogP contribution in [0.5, 0.6) is 0 Å². The lowest BCUT2D eigenvalue weighted by molar-refractivity contribution is 0.0961. The largest absolute Gasteiger partial charge is 0.296 e. The molecule has 1 aliphatic heterocycles. The maximum atomic E-state index is 11.9. The highest BCUT2D eigenvalue weighted by atomic mass is 33.1. The van der Waals surface area contributed by atoms with E-state index in [-0.39, 0.29) is 11.5 Å². The van der Waals surface area contributed by atoms with Crippen LogP contribution in [0.2, 0.25) is 0 Å². The minimum absolute atomic E-state index is 0.268. The summed E-state index contributed by atoms with van der Waals surface area (Å²) in [7, 11) is 2.84. The van der Waals surface area contributed by atoms with Crippen LogP contribution in [0, 0.1) is 0 Å². The van der Waals surface area contributed by atoms with Gasteiger partial charge in [0.2, 0.25) is 0 Å². The molecule has 0 aromatic heterocycles. The van der Waals surface area contributed by atoms with E-state index in [2.05, 4.69) is 30.0 Å². The summed E-state index contributed by atoms with van der Waals surface area (Å²) in [5.74, 6) is 0. The Labute approximate surface area is 94.1 Å². The Balaban J connectivity index is 2.24. The highest BCUT2D eigenvalue weighted by Crippen LogP contribution is 2.28. The first-order chi connectivity index (χ1) is 6.54. The van der Waals surface area contributed by atoms with E-state index in [9.17, 15) is 4.39 Å². The molecule has 5 heteroatoms. The predicted molar refractivity (Wildman–Crippen MR) is 64.1 cm³/mol. The van der Waals surface area contributed by atoms with E-state index < -0.39 is 0 Å². The topological polar surface area (TPSA) is 6.48 Å². The maximum absolute atomic E-state index is 11.9. The van der Waals surface area contributed by atoms with Crippen LogP contribution >= 0.6 is 21.8 Å². The first kappa shape index (κ1) is 12.6. The number of piperazine rings is 1. The van der Waals surface area contributed by atoms with Gasteiger partial charge >= 0.3 is 0 Å². The molecular weight excluding hydrogens is 219 g/mol. The van der Waals surface area contributed by atoms with E-state index in [1.54, 1.807) is 11.0 Å². The average molecular weight is 238 g/mol. The third-order valence-electron chi connectivity index (χ3n) is 2.39. The van der Waals surface area contributed by atoms with Gasteiger partial charge in [-0.05, 0) is 42.5 Å². The van der Waals surface area contributed by atoms with Crippen molar-refractivity contribution in [2.24, 2.45) is 0 Å². The van der Waals surface area contributed by atoms with Gasteiger partial charge in [-0.15, -0.1) is 0 Å². The molecule has 1 heterocycles. The molecule has 0 N–H and O–H groups in total. The van der Waals surface area contributed by atoms with E-state index >= 15 is 0 Å². The van der Waals surface area contributed by atoms with Crippen molar-refractivity contribution in [3.8, 4) is 0 Å². The summed E-state index contributed by atoms with van der Waals surface area (Å²) in [6, 6.07) is -0.301. The van der Waals surface area contributed by atoms with Gasteiger partial charge in [-0.25, -0.2) is 8.70 Å². The monoisotopic (exact) mass is 238 g/mol. The summed E-state index contributed by atoms with van der Waals surface area (Å²) in [4.78, 5) is 2.48. The second-order valence-electron chi connectivity index (χ2n) is 4.39. The summed E-state index contributed by atoms with van der Waals surface area (Å²) in [6.45, 7) is 11.0. The fourth-order valence-corrected chi connectivity index (χ4v) is 3.04. The van der Waals surface area contributed by atoms with Gasteiger partial charge in [-0.1, -0.05) is 0 Å². The summed E-state index contributed by atoms with van der Waals surface area (Å²) in [5.41, 5.74) is 0.268. The van der Waals surface area contributed by atoms with Crippen molar-refractivity contribution in [2.45, 2.75) is 26.3 Å². The molecule has 0 aromatic carbocycles. The van der Waals surface area contributed by atoms with Gasteiger partial charge in [0.1, 0.15) is 6.01 Å². The van der Waals surface area contributed by atoms with E-state index in [0.29, 0.717) is 0 Å². The fourth-order valence-electron chi connectivity index (χ4n) is 1.53. The zero-order chi connectivity index (χ0) is 10.6. The molecule has 14 heavy (non-hydrogen) atoms. The molecule has 2 nitrogen and oxygen atoms in total. The molecule has 0 aromatic rings. The second-order valence-corrected chi connectivity index (χ2v) is 6.66. The Bertz CT molecular complexity index is 165. The average Bonchev–Trinajstić information content (AvgIpc) is 2.14. The third-order valence-corrected chi connectivity index (χ3v) is 4.38. The lowest BCUT2D eigenvalue weighted by Gasteiger charge is -2.41. The van der Waals surface area contributed by atoms with Crippen LogP contribution in [0.3, 0.4) is 0 Å². The standard InChI is InChI=1S/C9H19FN2S2/c1-9(2,3)11-4-6-12(7-5-11)14-13-8-10/h4-8H2,1-3H3. The highest BCUT2D eigenvalue weighted by molar-refractivity contribution is 8.75. The van der Waals surface area contributed by atoms with E-state index in [4.69, 9.17) is 0 Å². The molecule has 84 valence electrons. The molecule has 0 radical (unpaired) electrons. The van der Waals surface area contributed by atoms with Crippen LogP contribution in [0.25, 0.3) is 0 Å². The van der Waals surface area contributed by atoms with Crippen LogP contribution in [0.4, 0.5) is 4.39 Å². The Morgan fingerprint density at radius 3 is 2.14 bits per heavy atom. The zero-order valence-electron chi connectivity index (χ0n) is 9.12. The van der Waals surface area contributed by atoms with Crippen molar-refractivity contribution in [3.63, 3.8) is 0 Å². The van der Waals surface area contributed by atoms with Gasteiger partial charge in [-0.3, -0.25) is 4.90 Å². The van der Waals surface area contributed by atoms with Gasteiger partial charge in [0.25, 0.3) is 0 Å². The van der Waals surface area contributed by atoms with Crippen LogP contribution in [0.1, 0.15) is 20.8 Å². The Morgan fingerprint density at radius 1 is 1.14 bits per heavy atom. The molecule has 0 spiro atoms. The fraction of sp³-hybridized carbons (Fsp3) is 1.00. The number of rotatable bonds is 3. The van der Waals surface area contributed by atoms with Crippen molar-refractivity contribution in [3.05, 3.63) is 0 Å². The molecule has 0 atom stereocenters. The Hall–Kier alpha value is 0.550. The molecule has 1 aliphatic rings. The van der Waals surface area contributed by atoms with Crippen LogP contribution in [0.15, 0.2) is 0 Å². The first-order valence-corrected chi connectivity index (χ1v) is 7.17. The van der Waals surface area contributed by atoms with E-state index in [1.807, 2.05) is 0 Å².